The van der Waals surface area contributed by atoms with Crippen LogP contribution in [0.3, 0.4) is 0 Å². The average molecular weight is 1020 g/mol. The molecule has 14 heteroatoms. The van der Waals surface area contributed by atoms with Crippen molar-refractivity contribution in [2.45, 2.75) is 86.1 Å². The minimum absolute atomic E-state index is 0.0685. The van der Waals surface area contributed by atoms with Gasteiger partial charge in [-0.25, -0.2) is 9.97 Å². The van der Waals surface area contributed by atoms with Gasteiger partial charge in [-0.15, -0.1) is 0 Å². The van der Waals surface area contributed by atoms with Crippen molar-refractivity contribution in [1.82, 2.24) is 30.6 Å². The van der Waals surface area contributed by atoms with Crippen molar-refractivity contribution in [3.63, 3.8) is 0 Å². The van der Waals surface area contributed by atoms with E-state index in [9.17, 15) is 24.3 Å². The molecule has 0 spiro atoms. The molecule has 4 aromatic heterocycles. The van der Waals surface area contributed by atoms with Crippen LogP contribution in [0.2, 0.25) is 0 Å². The number of nitrogens with one attached hydrogen (secondary N) is 5. The van der Waals surface area contributed by atoms with E-state index in [-0.39, 0.29) is 62.9 Å². The van der Waals surface area contributed by atoms with E-state index in [0.717, 1.165) is 112 Å². The van der Waals surface area contributed by atoms with Gasteiger partial charge in [-0.3, -0.25) is 19.2 Å². The Balaban J connectivity index is 0.849. The highest BCUT2D eigenvalue weighted by atomic mass is 16.4. The van der Waals surface area contributed by atoms with Gasteiger partial charge in [-0.2, -0.15) is 4.57 Å². The number of fused-ring (bicyclic) bond motifs is 11. The minimum Gasteiger partial charge on any atom is -0.481 e. The number of H-pyrrole nitrogens is 2. The largest absolute Gasteiger partial charge is 0.481 e. The van der Waals surface area contributed by atoms with Crippen LogP contribution in [0.25, 0.3) is 89.4 Å². The van der Waals surface area contributed by atoms with Crippen LogP contribution in [-0.4, -0.2) is 61.8 Å². The van der Waals surface area contributed by atoms with Crippen molar-refractivity contribution >= 4 is 113 Å². The molecule has 0 saturated carbocycles. The van der Waals surface area contributed by atoms with Crippen LogP contribution in [0.4, 0.5) is 11.4 Å². The maximum atomic E-state index is 13.4. The van der Waals surface area contributed by atoms with Crippen LogP contribution in [-0.2, 0) is 25.7 Å². The second-order valence-corrected chi connectivity index (χ2v) is 19.4. The Morgan fingerprint density at radius 2 is 1.20 bits per heavy atom. The molecule has 0 aliphatic carbocycles. The second kappa shape index (κ2) is 22.3. The summed E-state index contributed by atoms with van der Waals surface area (Å²) >= 11 is 0. The third-order valence-corrected chi connectivity index (χ3v) is 14.6. The lowest BCUT2D eigenvalue weighted by Crippen LogP contribution is -2.36. The fourth-order valence-electron chi connectivity index (χ4n) is 10.5. The van der Waals surface area contributed by atoms with Gasteiger partial charge in [0, 0.05) is 100 Å². The zero-order valence-electron chi connectivity index (χ0n) is 43.8. The summed E-state index contributed by atoms with van der Waals surface area (Å²) in [6.07, 6.45) is 5.06. The number of carboxylic acids is 1. The second-order valence-electron chi connectivity index (χ2n) is 19.4. The highest BCUT2D eigenvalue weighted by molar-refractivity contribution is 6.11. The van der Waals surface area contributed by atoms with Gasteiger partial charge in [0.15, 0.2) is 0 Å². The molecule has 7 aromatic rings. The van der Waals surface area contributed by atoms with Gasteiger partial charge in [-0.1, -0.05) is 49.6 Å². The van der Waals surface area contributed by atoms with E-state index in [4.69, 9.17) is 15.7 Å². The molecule has 3 amide bonds. The van der Waals surface area contributed by atoms with Crippen molar-refractivity contribution < 1.29 is 28.9 Å². The smallest absolute Gasteiger partial charge is 0.303 e. The predicted molar refractivity (Wildman–Crippen MR) is 307 cm³/mol. The lowest BCUT2D eigenvalue weighted by Gasteiger charge is -2.13. The number of hydrogen-bond acceptors (Lipinski definition) is 7. The molecule has 8 bridgehead atoms. The molecule has 0 saturated heterocycles. The van der Waals surface area contributed by atoms with E-state index < -0.39 is 5.97 Å². The Bertz CT molecular complexity index is 3790. The Labute approximate surface area is 441 Å². The van der Waals surface area contributed by atoms with E-state index >= 15 is 0 Å². The number of nitrogens with zero attached hydrogens (tertiary/aromatic N) is 3. The number of hydrogen-bond donors (Lipinski definition) is 7. The number of anilines is 2. The topological polar surface area (TPSA) is 212 Å². The molecular weight excluding hydrogens is 951 g/mol. The van der Waals surface area contributed by atoms with Gasteiger partial charge in [0.2, 0.25) is 28.9 Å². The predicted octanol–water partition coefficient (Wildman–Crippen LogP) is 11.6. The Kier molecular flexibility index (Phi) is 15.2. The highest BCUT2D eigenvalue weighted by Crippen LogP contribution is 2.39. The Morgan fingerprint density at radius 3 is 1.82 bits per heavy atom. The van der Waals surface area contributed by atoms with Crippen molar-refractivity contribution in [1.29, 1.82) is 0 Å². The zero-order valence-corrected chi connectivity index (χ0v) is 43.8. The summed E-state index contributed by atoms with van der Waals surface area (Å²) in [7, 11) is 0. The number of aryl methyl sites for hydroxylation is 3. The summed E-state index contributed by atoms with van der Waals surface area (Å²) in [5.41, 5.74) is 24.3. The van der Waals surface area contributed by atoms with Gasteiger partial charge < -0.3 is 36.8 Å². The minimum atomic E-state index is -0.906. The van der Waals surface area contributed by atoms with E-state index in [1.807, 2.05) is 113 Å². The number of aliphatic carboxylic acids is 1. The third kappa shape index (κ3) is 10.7. The standard InChI is InChI=1S/C62H63N9O5/c1-8-42-35(4)49-31-50-37(6)44(55(69-50)34-56-45(24-26-61(75)76)38(7)52(70-56)33-54-43(9-2)36(5)51(68-54)32-53(42)67-49)23-25-59(73)65-28-27-64-58(72)17-14-18-60(74)66-41-20-22-46-47-21-19-40(63)29-57(47)71(10-3)62(48(46)30-41)39-15-12-11-13-16-39/h8-9,11-13,15-16,19-22,29-34,63H,1-2,10,14,17-18,23-28H2,3-7H3,(H6,64,65,66,67,68,69,70,72,73,74,75,76)/p+1. The Morgan fingerprint density at radius 1 is 0.632 bits per heavy atom. The van der Waals surface area contributed by atoms with E-state index in [2.05, 4.69) is 68.8 Å². The number of carbonyl (C=O) groups excluding carboxylic acids is 3. The summed E-state index contributed by atoms with van der Waals surface area (Å²) in [6.45, 7) is 19.5. The van der Waals surface area contributed by atoms with Gasteiger partial charge in [0.25, 0.3) is 0 Å². The van der Waals surface area contributed by atoms with Gasteiger partial charge in [0.05, 0.1) is 33.5 Å². The molecule has 9 rings (SSSR count). The lowest BCUT2D eigenvalue weighted by molar-refractivity contribution is -0.655. The number of amides is 3. The van der Waals surface area contributed by atoms with E-state index in [1.54, 1.807) is 0 Å². The lowest BCUT2D eigenvalue weighted by atomic mass is 9.98. The number of carbonyl (C=O) groups is 4. The number of aromatic nitrogens is 5. The normalized spacial score (nSPS) is 12.3. The fraction of sp³-hybridized carbons (Fsp3) is 0.242. The first-order valence-corrected chi connectivity index (χ1v) is 25.9. The molecular formula is C62H64N9O5+. The van der Waals surface area contributed by atoms with Crippen LogP contribution >= 0.6 is 0 Å². The van der Waals surface area contributed by atoms with Crippen LogP contribution in [0.1, 0.15) is 111 Å². The molecule has 8 N–H and O–H groups in total. The molecule has 2 aliphatic heterocycles. The van der Waals surface area contributed by atoms with Crippen molar-refractivity contribution in [3.8, 4) is 11.3 Å². The molecule has 2 aliphatic rings. The van der Waals surface area contributed by atoms with Crippen LogP contribution in [0, 0.1) is 13.8 Å². The Hall–Kier alpha value is -8.91. The molecule has 3 aromatic carbocycles. The first-order valence-electron chi connectivity index (χ1n) is 25.9. The number of aromatic amines is 2. The SMILES string of the molecule is C=Cc1c(C)c2cc3[nH]c(cc4nc(cc5nc(cc1[nH]2)C(C)=C5CCC(=O)O)C(CCC(=O)NCCNC(=O)CCCC(=O)Nc1ccc2c(c1)c(-c1ccccc1)[n+](CC)c1cc(N)ccc21)=C4C)c(C)c3C=C. The van der Waals surface area contributed by atoms with Crippen LogP contribution < -0.4 is 26.3 Å². The monoisotopic (exact) mass is 1010 g/mol. The number of nitrogens with two attached hydrogens (primary N) is 1. The van der Waals surface area contributed by atoms with Crippen LogP contribution in [0.15, 0.2) is 104 Å². The number of nitrogen functional groups attached to an aromatic ring is 1. The quantitative estimate of drug-likeness (QED) is 0.0190. The maximum absolute atomic E-state index is 13.4. The summed E-state index contributed by atoms with van der Waals surface area (Å²) < 4.78 is 2.26. The fourth-order valence-corrected chi connectivity index (χ4v) is 10.5. The molecule has 0 unspecified atom stereocenters. The number of rotatable bonds is 18. The summed E-state index contributed by atoms with van der Waals surface area (Å²) in [5, 5.41) is 21.7. The zero-order chi connectivity index (χ0) is 53.8. The van der Waals surface area contributed by atoms with Crippen LogP contribution in [0.5, 0.6) is 0 Å². The van der Waals surface area contributed by atoms with Crippen molar-refractivity contribution in [2.75, 3.05) is 24.1 Å². The molecule has 14 nitrogen and oxygen atoms in total. The average Bonchev–Trinajstić information content (AvgIpc) is 4.10. The van der Waals surface area contributed by atoms with Crippen molar-refractivity contribution in [2.24, 2.45) is 0 Å². The summed E-state index contributed by atoms with van der Waals surface area (Å²) in [6, 6.07) is 30.1. The number of pyridine rings is 1. The molecule has 386 valence electrons. The molecule has 6 heterocycles. The van der Waals surface area contributed by atoms with Gasteiger partial charge >= 0.3 is 5.97 Å². The first kappa shape index (κ1) is 52.0. The highest BCUT2D eigenvalue weighted by Gasteiger charge is 2.25. The first-order chi connectivity index (χ1) is 36.6. The summed E-state index contributed by atoms with van der Waals surface area (Å²) in [5.74, 6) is -1.50. The van der Waals surface area contributed by atoms with E-state index in [0.29, 0.717) is 41.3 Å². The maximum Gasteiger partial charge on any atom is 0.303 e. The number of allylic oxidation sites excluding steroid dienone is 4. The number of benzene rings is 3. The van der Waals surface area contributed by atoms with Gasteiger partial charge in [0.1, 0.15) is 6.54 Å². The third-order valence-electron chi connectivity index (χ3n) is 14.6. The molecule has 0 atom stereocenters. The molecule has 0 radical (unpaired) electrons. The van der Waals surface area contributed by atoms with Crippen molar-refractivity contribution in [3.05, 3.63) is 149 Å². The van der Waals surface area contributed by atoms with Gasteiger partial charge in [-0.05, 0) is 148 Å². The van der Waals surface area contributed by atoms with E-state index in [1.165, 1.54) is 0 Å². The number of carboxylic acid groups (broad SMARTS) is 1. The molecule has 76 heavy (non-hydrogen) atoms. The summed E-state index contributed by atoms with van der Waals surface area (Å²) in [4.78, 5) is 68.7. The molecule has 0 fully saturated rings.